The summed E-state index contributed by atoms with van der Waals surface area (Å²) in [6.07, 6.45) is 0. The minimum absolute atomic E-state index is 0.229. The lowest BCUT2D eigenvalue weighted by atomic mass is 10.2. The van der Waals surface area contributed by atoms with Gasteiger partial charge in [-0.1, -0.05) is 12.2 Å². The molecule has 0 unspecified atom stereocenters. The number of esters is 1. The van der Waals surface area contributed by atoms with E-state index in [1.54, 1.807) is 6.92 Å². The predicted molar refractivity (Wildman–Crippen MR) is 84.2 cm³/mol. The third kappa shape index (κ3) is 2.96. The molecule has 0 fully saturated rings. The number of rotatable bonds is 2. The van der Waals surface area contributed by atoms with Crippen molar-refractivity contribution in [2.24, 2.45) is 0 Å². The molecule has 19 heavy (non-hydrogen) atoms. The van der Waals surface area contributed by atoms with E-state index in [1.807, 2.05) is 6.07 Å². The molecular weight excluding hydrogens is 416 g/mol. The van der Waals surface area contributed by atoms with E-state index in [0.29, 0.717) is 17.1 Å². The monoisotopic (exact) mass is 422 g/mol. The van der Waals surface area contributed by atoms with Gasteiger partial charge in [0.2, 0.25) is 0 Å². The van der Waals surface area contributed by atoms with E-state index in [9.17, 15) is 4.79 Å². The number of thiophene rings is 1. The number of halogens is 2. The second kappa shape index (κ2) is 5.82. The first-order chi connectivity index (χ1) is 8.93. The SMILES string of the molecule is COC(=O)c1c(C)[nH]c(-c2cc(Br)sc2Br)nc1=S. The van der Waals surface area contributed by atoms with Crippen molar-refractivity contribution in [3.05, 3.63) is 29.5 Å². The van der Waals surface area contributed by atoms with Gasteiger partial charge < -0.3 is 9.72 Å². The Hall–Kier alpha value is -0.570. The standard InChI is InChI=1S/C11H8Br2N2O2S2/c1-4-7(11(16)17-2)10(18)15-9(14-4)5-3-6(12)19-8(5)13/h3H,1-2H3,(H,14,15,18). The van der Waals surface area contributed by atoms with Crippen molar-refractivity contribution in [2.75, 3.05) is 7.11 Å². The zero-order valence-electron chi connectivity index (χ0n) is 9.91. The van der Waals surface area contributed by atoms with Gasteiger partial charge in [-0.25, -0.2) is 9.78 Å². The highest BCUT2D eigenvalue weighted by atomic mass is 79.9. The van der Waals surface area contributed by atoms with E-state index in [4.69, 9.17) is 17.0 Å². The van der Waals surface area contributed by atoms with E-state index in [0.717, 1.165) is 13.1 Å². The normalized spacial score (nSPS) is 10.5. The molecule has 0 aliphatic heterocycles. The number of H-pyrrole nitrogens is 1. The van der Waals surface area contributed by atoms with Gasteiger partial charge in [0, 0.05) is 11.3 Å². The summed E-state index contributed by atoms with van der Waals surface area (Å²) in [5.74, 6) is 0.132. The van der Waals surface area contributed by atoms with Crippen LogP contribution in [0.4, 0.5) is 0 Å². The molecule has 1 N–H and O–H groups in total. The Bertz CT molecular complexity index is 709. The minimum Gasteiger partial charge on any atom is -0.465 e. The molecule has 0 spiro atoms. The van der Waals surface area contributed by atoms with Crippen LogP contribution in [0.3, 0.4) is 0 Å². The van der Waals surface area contributed by atoms with Gasteiger partial charge in [0.15, 0.2) is 0 Å². The Kier molecular flexibility index (Phi) is 4.54. The largest absolute Gasteiger partial charge is 0.465 e. The van der Waals surface area contributed by atoms with Crippen LogP contribution in [0.5, 0.6) is 0 Å². The fraction of sp³-hybridized carbons (Fsp3) is 0.182. The lowest BCUT2D eigenvalue weighted by Gasteiger charge is -2.07. The van der Waals surface area contributed by atoms with Crippen LogP contribution in [0, 0.1) is 11.6 Å². The van der Waals surface area contributed by atoms with Crippen molar-refractivity contribution in [3.63, 3.8) is 0 Å². The number of aromatic amines is 1. The van der Waals surface area contributed by atoms with Gasteiger partial charge in [-0.2, -0.15) is 0 Å². The maximum absolute atomic E-state index is 11.6. The van der Waals surface area contributed by atoms with Crippen LogP contribution in [0.2, 0.25) is 0 Å². The van der Waals surface area contributed by atoms with E-state index in [2.05, 4.69) is 41.8 Å². The molecule has 0 aromatic carbocycles. The predicted octanol–water partition coefficient (Wildman–Crippen LogP) is 4.49. The summed E-state index contributed by atoms with van der Waals surface area (Å²) in [5, 5.41) is 0. The number of aromatic nitrogens is 2. The third-order valence-electron chi connectivity index (χ3n) is 2.41. The van der Waals surface area contributed by atoms with Crippen LogP contribution in [0.1, 0.15) is 16.1 Å². The van der Waals surface area contributed by atoms with Gasteiger partial charge in [0.05, 0.1) is 14.7 Å². The number of hydrogen-bond donors (Lipinski definition) is 1. The van der Waals surface area contributed by atoms with Crippen LogP contribution in [-0.4, -0.2) is 23.0 Å². The molecule has 100 valence electrons. The van der Waals surface area contributed by atoms with Crippen LogP contribution < -0.4 is 0 Å². The van der Waals surface area contributed by atoms with Crippen LogP contribution >= 0.6 is 55.4 Å². The number of hydrogen-bond acceptors (Lipinski definition) is 5. The molecule has 0 radical (unpaired) electrons. The number of nitrogens with zero attached hydrogens (tertiary/aromatic N) is 1. The Morgan fingerprint density at radius 3 is 2.68 bits per heavy atom. The van der Waals surface area contributed by atoms with E-state index in [1.165, 1.54) is 18.4 Å². The molecule has 0 atom stereocenters. The summed E-state index contributed by atoms with van der Waals surface area (Å²) in [6, 6.07) is 1.93. The van der Waals surface area contributed by atoms with Gasteiger partial charge in [0.1, 0.15) is 16.0 Å². The Labute approximate surface area is 135 Å². The fourth-order valence-corrected chi connectivity index (χ4v) is 4.69. The first-order valence-corrected chi connectivity index (χ1v) is 7.89. The topological polar surface area (TPSA) is 55.0 Å². The summed E-state index contributed by atoms with van der Waals surface area (Å²) in [6.45, 7) is 1.77. The molecule has 8 heteroatoms. The highest BCUT2D eigenvalue weighted by Gasteiger charge is 2.16. The second-order valence-electron chi connectivity index (χ2n) is 3.62. The minimum atomic E-state index is -0.483. The molecule has 0 aliphatic carbocycles. The molecule has 4 nitrogen and oxygen atoms in total. The van der Waals surface area contributed by atoms with Crippen molar-refractivity contribution in [1.82, 2.24) is 9.97 Å². The first-order valence-electron chi connectivity index (χ1n) is 5.08. The van der Waals surface area contributed by atoms with Crippen molar-refractivity contribution >= 4 is 61.4 Å². The van der Waals surface area contributed by atoms with Gasteiger partial charge in [-0.05, 0) is 44.8 Å². The Morgan fingerprint density at radius 1 is 1.53 bits per heavy atom. The van der Waals surface area contributed by atoms with Gasteiger partial charge in [-0.15, -0.1) is 11.3 Å². The first kappa shape index (κ1) is 14.8. The number of carbonyl (C=O) groups is 1. The van der Waals surface area contributed by atoms with Crippen molar-refractivity contribution in [1.29, 1.82) is 0 Å². The summed E-state index contributed by atoms with van der Waals surface area (Å²) >= 11 is 13.6. The molecule has 2 aromatic rings. The third-order valence-corrected chi connectivity index (χ3v) is 5.04. The zero-order chi connectivity index (χ0) is 14.2. The summed E-state index contributed by atoms with van der Waals surface area (Å²) in [4.78, 5) is 19.0. The molecule has 2 rings (SSSR count). The molecule has 0 aliphatic rings. The van der Waals surface area contributed by atoms with Crippen molar-refractivity contribution < 1.29 is 9.53 Å². The fourth-order valence-electron chi connectivity index (χ4n) is 1.56. The zero-order valence-corrected chi connectivity index (χ0v) is 14.7. The molecule has 2 heterocycles. The number of methoxy groups -OCH3 is 1. The Morgan fingerprint density at radius 2 is 2.21 bits per heavy atom. The lowest BCUT2D eigenvalue weighted by Crippen LogP contribution is -2.08. The second-order valence-corrected chi connectivity index (χ2v) is 7.76. The number of nitrogens with one attached hydrogen (secondary N) is 1. The molecule has 0 bridgehead atoms. The molecule has 2 aromatic heterocycles. The quantitative estimate of drug-likeness (QED) is 0.571. The maximum Gasteiger partial charge on any atom is 0.342 e. The number of ether oxygens (including phenoxy) is 1. The van der Waals surface area contributed by atoms with E-state index >= 15 is 0 Å². The lowest BCUT2D eigenvalue weighted by molar-refractivity contribution is 0.0598. The molecule has 0 amide bonds. The smallest absolute Gasteiger partial charge is 0.342 e. The molecule has 0 saturated carbocycles. The number of carbonyl (C=O) groups excluding carboxylic acids is 1. The van der Waals surface area contributed by atoms with Crippen molar-refractivity contribution in [3.8, 4) is 11.4 Å². The summed E-state index contributed by atoms with van der Waals surface area (Å²) in [7, 11) is 1.32. The average Bonchev–Trinajstić information content (AvgIpc) is 2.67. The Balaban J connectivity index is 2.61. The average molecular weight is 424 g/mol. The van der Waals surface area contributed by atoms with Crippen LogP contribution in [0.25, 0.3) is 11.4 Å². The van der Waals surface area contributed by atoms with Gasteiger partial charge in [0.25, 0.3) is 0 Å². The van der Waals surface area contributed by atoms with Crippen molar-refractivity contribution in [2.45, 2.75) is 6.92 Å². The highest BCUT2D eigenvalue weighted by Crippen LogP contribution is 2.37. The van der Waals surface area contributed by atoms with Gasteiger partial charge >= 0.3 is 5.97 Å². The molecule has 0 saturated heterocycles. The summed E-state index contributed by atoms with van der Waals surface area (Å²) in [5.41, 5.74) is 1.82. The molecular formula is C11H8Br2N2O2S2. The van der Waals surface area contributed by atoms with E-state index in [-0.39, 0.29) is 4.64 Å². The number of aryl methyl sites for hydroxylation is 1. The highest BCUT2D eigenvalue weighted by molar-refractivity contribution is 9.12. The van der Waals surface area contributed by atoms with Crippen LogP contribution in [0.15, 0.2) is 13.6 Å². The van der Waals surface area contributed by atoms with Gasteiger partial charge in [-0.3, -0.25) is 0 Å². The maximum atomic E-state index is 11.6. The van der Waals surface area contributed by atoms with E-state index < -0.39 is 5.97 Å². The van der Waals surface area contributed by atoms with Crippen LogP contribution in [-0.2, 0) is 4.74 Å². The summed E-state index contributed by atoms with van der Waals surface area (Å²) < 4.78 is 6.83.